The van der Waals surface area contributed by atoms with E-state index in [2.05, 4.69) is 4.98 Å². The number of hydrogen-bond acceptors (Lipinski definition) is 2. The molecule has 1 saturated carbocycles. The van der Waals surface area contributed by atoms with Crippen molar-refractivity contribution in [1.82, 2.24) is 4.98 Å². The van der Waals surface area contributed by atoms with Gasteiger partial charge in [-0.25, -0.2) is 0 Å². The molecule has 4 heteroatoms. The summed E-state index contributed by atoms with van der Waals surface area (Å²) in [6, 6.07) is 5.92. The highest BCUT2D eigenvalue weighted by Crippen LogP contribution is 2.45. The van der Waals surface area contributed by atoms with Crippen LogP contribution in [0.3, 0.4) is 0 Å². The first-order valence-electron chi connectivity index (χ1n) is 7.49. The number of benzene rings is 1. The van der Waals surface area contributed by atoms with E-state index in [-0.39, 0.29) is 0 Å². The largest absolute Gasteiger partial charge is 0.496 e. The molecule has 0 aliphatic heterocycles. The van der Waals surface area contributed by atoms with Gasteiger partial charge in [0.25, 0.3) is 0 Å². The number of fused-ring (bicyclic) bond motifs is 1. The van der Waals surface area contributed by atoms with Crippen LogP contribution in [0.4, 0.5) is 0 Å². The van der Waals surface area contributed by atoms with Crippen LogP contribution < -0.4 is 4.74 Å². The number of aromatic nitrogens is 1. The zero-order chi connectivity index (χ0) is 15.0. The van der Waals surface area contributed by atoms with Crippen LogP contribution in [0.5, 0.6) is 5.75 Å². The second-order valence-electron chi connectivity index (χ2n) is 6.01. The molecule has 112 valence electrons. The summed E-state index contributed by atoms with van der Waals surface area (Å²) in [4.78, 5) is 15.3. The standard InChI is InChI=1S/C17H21NO3/c1-11-10-12-14(18-11)7-6-13(15(12)21-2)17(16(19)20)8-4-3-5-9-17/h6-7,10,18H,3-5,8-9H2,1-2H3,(H,19,20). The highest BCUT2D eigenvalue weighted by atomic mass is 16.5. The van der Waals surface area contributed by atoms with Crippen molar-refractivity contribution >= 4 is 16.9 Å². The predicted molar refractivity (Wildman–Crippen MR) is 82.0 cm³/mol. The summed E-state index contributed by atoms with van der Waals surface area (Å²) in [5.74, 6) is -0.0201. The molecule has 0 spiro atoms. The van der Waals surface area contributed by atoms with Crippen molar-refractivity contribution in [3.8, 4) is 5.75 Å². The lowest BCUT2D eigenvalue weighted by Crippen LogP contribution is -2.38. The Morgan fingerprint density at radius 3 is 2.62 bits per heavy atom. The summed E-state index contributed by atoms with van der Waals surface area (Å²) in [6.45, 7) is 1.99. The van der Waals surface area contributed by atoms with Crippen LogP contribution in [0.25, 0.3) is 10.9 Å². The molecule has 2 N–H and O–H groups in total. The van der Waals surface area contributed by atoms with Crippen molar-refractivity contribution < 1.29 is 14.6 Å². The van der Waals surface area contributed by atoms with Crippen molar-refractivity contribution in [2.24, 2.45) is 0 Å². The van der Waals surface area contributed by atoms with Gasteiger partial charge in [0.05, 0.1) is 12.5 Å². The van der Waals surface area contributed by atoms with Gasteiger partial charge in [-0.2, -0.15) is 0 Å². The third-order valence-electron chi connectivity index (χ3n) is 4.72. The predicted octanol–water partition coefficient (Wildman–Crippen LogP) is 3.77. The molecule has 1 heterocycles. The van der Waals surface area contributed by atoms with Crippen molar-refractivity contribution in [3.63, 3.8) is 0 Å². The monoisotopic (exact) mass is 287 g/mol. The number of carbonyl (C=O) groups is 1. The Labute approximate surface area is 124 Å². The minimum atomic E-state index is -0.803. The third-order valence-corrected chi connectivity index (χ3v) is 4.72. The Bertz CT molecular complexity index is 681. The molecule has 0 saturated heterocycles. The van der Waals surface area contributed by atoms with E-state index >= 15 is 0 Å². The highest BCUT2D eigenvalue weighted by molar-refractivity contribution is 5.92. The van der Waals surface area contributed by atoms with Crippen LogP contribution in [0.2, 0.25) is 0 Å². The molecule has 1 aliphatic carbocycles. The average molecular weight is 287 g/mol. The number of methoxy groups -OCH3 is 1. The fourth-order valence-corrected chi connectivity index (χ4v) is 3.67. The van der Waals surface area contributed by atoms with Gasteiger partial charge < -0.3 is 14.8 Å². The van der Waals surface area contributed by atoms with Gasteiger partial charge in [0.2, 0.25) is 0 Å². The zero-order valence-electron chi connectivity index (χ0n) is 12.5. The quantitative estimate of drug-likeness (QED) is 0.903. The molecule has 2 aromatic rings. The fraction of sp³-hybridized carbons (Fsp3) is 0.471. The summed E-state index contributed by atoms with van der Waals surface area (Å²) in [6.07, 6.45) is 4.41. The molecule has 0 atom stereocenters. The molecule has 0 bridgehead atoms. The first-order valence-corrected chi connectivity index (χ1v) is 7.49. The Hall–Kier alpha value is -1.97. The van der Waals surface area contributed by atoms with Crippen LogP contribution in [-0.4, -0.2) is 23.2 Å². The van der Waals surface area contributed by atoms with Crippen LogP contribution >= 0.6 is 0 Å². The zero-order valence-corrected chi connectivity index (χ0v) is 12.5. The van der Waals surface area contributed by atoms with E-state index in [9.17, 15) is 9.90 Å². The number of carboxylic acid groups (broad SMARTS) is 1. The molecule has 0 radical (unpaired) electrons. The van der Waals surface area contributed by atoms with Crippen molar-refractivity contribution in [2.75, 3.05) is 7.11 Å². The molecule has 4 nitrogen and oxygen atoms in total. The summed E-state index contributed by atoms with van der Waals surface area (Å²) in [5, 5.41) is 10.8. The van der Waals surface area contributed by atoms with E-state index < -0.39 is 11.4 Å². The summed E-state index contributed by atoms with van der Waals surface area (Å²) in [5.41, 5.74) is 2.06. The molecule has 1 aromatic carbocycles. The number of rotatable bonds is 3. The molecule has 0 unspecified atom stereocenters. The first kappa shape index (κ1) is 14.0. The van der Waals surface area contributed by atoms with E-state index in [4.69, 9.17) is 4.74 Å². The van der Waals surface area contributed by atoms with E-state index in [1.807, 2.05) is 25.1 Å². The smallest absolute Gasteiger partial charge is 0.314 e. The average Bonchev–Trinajstić information content (AvgIpc) is 2.87. The van der Waals surface area contributed by atoms with Gasteiger partial charge in [-0.05, 0) is 31.9 Å². The maximum Gasteiger partial charge on any atom is 0.314 e. The molecule has 3 rings (SSSR count). The topological polar surface area (TPSA) is 62.3 Å². The van der Waals surface area contributed by atoms with Crippen molar-refractivity contribution in [2.45, 2.75) is 44.4 Å². The number of H-pyrrole nitrogens is 1. The lowest BCUT2D eigenvalue weighted by atomic mass is 9.69. The lowest BCUT2D eigenvalue weighted by molar-refractivity contribution is -0.145. The normalized spacial score (nSPS) is 17.8. The summed E-state index contributed by atoms with van der Waals surface area (Å²) in [7, 11) is 1.62. The van der Waals surface area contributed by atoms with E-state index in [0.29, 0.717) is 18.6 Å². The molecule has 1 aliphatic rings. The van der Waals surface area contributed by atoms with Gasteiger partial charge in [-0.1, -0.05) is 25.3 Å². The number of aryl methyl sites for hydroxylation is 1. The SMILES string of the molecule is COc1c(C2(C(=O)O)CCCCC2)ccc2[nH]c(C)cc12. The number of ether oxygens (including phenoxy) is 1. The summed E-state index contributed by atoms with van der Waals surface area (Å²) >= 11 is 0. The maximum atomic E-state index is 12.0. The lowest BCUT2D eigenvalue weighted by Gasteiger charge is -2.34. The van der Waals surface area contributed by atoms with Gasteiger partial charge in [-0.3, -0.25) is 4.79 Å². The second kappa shape index (κ2) is 5.10. The van der Waals surface area contributed by atoms with Crippen LogP contribution in [-0.2, 0) is 10.2 Å². The van der Waals surface area contributed by atoms with Gasteiger partial charge in [0.15, 0.2) is 0 Å². The minimum Gasteiger partial charge on any atom is -0.496 e. The van der Waals surface area contributed by atoms with Gasteiger partial charge in [0.1, 0.15) is 5.75 Å². The molecule has 1 fully saturated rings. The van der Waals surface area contributed by atoms with Crippen LogP contribution in [0.1, 0.15) is 43.4 Å². The van der Waals surface area contributed by atoms with Gasteiger partial charge >= 0.3 is 5.97 Å². The molecule has 21 heavy (non-hydrogen) atoms. The Morgan fingerprint density at radius 2 is 2.00 bits per heavy atom. The number of aliphatic carboxylic acids is 1. The molecule has 1 aromatic heterocycles. The summed E-state index contributed by atoms with van der Waals surface area (Å²) < 4.78 is 5.62. The minimum absolute atomic E-state index is 0.688. The number of carboxylic acids is 1. The Balaban J connectivity index is 2.24. The number of aromatic amines is 1. The van der Waals surface area contributed by atoms with Gasteiger partial charge in [-0.15, -0.1) is 0 Å². The number of nitrogens with one attached hydrogen (secondary N) is 1. The maximum absolute atomic E-state index is 12.0. The second-order valence-corrected chi connectivity index (χ2v) is 6.01. The Kier molecular flexibility index (Phi) is 3.40. The van der Waals surface area contributed by atoms with Crippen LogP contribution in [0.15, 0.2) is 18.2 Å². The third kappa shape index (κ3) is 2.09. The van der Waals surface area contributed by atoms with Crippen molar-refractivity contribution in [1.29, 1.82) is 0 Å². The van der Waals surface area contributed by atoms with E-state index in [1.165, 1.54) is 0 Å². The van der Waals surface area contributed by atoms with Crippen LogP contribution in [0, 0.1) is 6.92 Å². The Morgan fingerprint density at radius 1 is 1.29 bits per heavy atom. The van der Waals surface area contributed by atoms with Gasteiger partial charge in [0, 0.05) is 22.2 Å². The number of hydrogen-bond donors (Lipinski definition) is 2. The molecular formula is C17H21NO3. The fourth-order valence-electron chi connectivity index (χ4n) is 3.67. The molecular weight excluding hydrogens is 266 g/mol. The molecule has 0 amide bonds. The van der Waals surface area contributed by atoms with E-state index in [1.54, 1.807) is 7.11 Å². The van der Waals surface area contributed by atoms with E-state index in [0.717, 1.165) is 41.4 Å². The first-order chi connectivity index (χ1) is 10.1. The van der Waals surface area contributed by atoms with Crippen molar-refractivity contribution in [3.05, 3.63) is 29.5 Å². The highest BCUT2D eigenvalue weighted by Gasteiger charge is 2.43.